The first-order valence-corrected chi connectivity index (χ1v) is 9.60. The minimum absolute atomic E-state index is 0.205. The van der Waals surface area contributed by atoms with E-state index in [2.05, 4.69) is 20.9 Å². The summed E-state index contributed by atoms with van der Waals surface area (Å²) in [6.45, 7) is 9.00. The fourth-order valence-corrected chi connectivity index (χ4v) is 3.03. The molecule has 0 atom stereocenters. The van der Waals surface area contributed by atoms with Crippen molar-refractivity contribution >= 4 is 34.8 Å². The van der Waals surface area contributed by atoms with E-state index in [-0.39, 0.29) is 5.91 Å². The molecular weight excluding hydrogens is 368 g/mol. The summed E-state index contributed by atoms with van der Waals surface area (Å²) in [6, 6.07) is 13.2. The molecule has 0 aromatic heterocycles. The number of anilines is 3. The first kappa shape index (κ1) is 21.9. The average molecular weight is 396 g/mol. The third kappa shape index (κ3) is 6.07. The van der Waals surface area contributed by atoms with Crippen LogP contribution in [0.15, 0.2) is 42.5 Å². The zero-order chi connectivity index (χ0) is 21.4. The monoisotopic (exact) mass is 396 g/mol. The molecule has 3 amide bonds. The van der Waals surface area contributed by atoms with Crippen molar-refractivity contribution in [3.63, 3.8) is 0 Å². The van der Waals surface area contributed by atoms with Crippen LogP contribution >= 0.6 is 0 Å². The number of para-hydroxylation sites is 1. The number of benzene rings is 2. The van der Waals surface area contributed by atoms with Gasteiger partial charge in [-0.2, -0.15) is 0 Å². The molecule has 7 heteroatoms. The molecule has 0 aliphatic rings. The van der Waals surface area contributed by atoms with Crippen molar-refractivity contribution in [2.45, 2.75) is 27.7 Å². The van der Waals surface area contributed by atoms with Gasteiger partial charge in [0.15, 0.2) is 0 Å². The largest absolute Gasteiger partial charge is 0.370 e. The molecule has 7 nitrogen and oxygen atoms in total. The van der Waals surface area contributed by atoms with Gasteiger partial charge in [-0.25, -0.2) is 0 Å². The van der Waals surface area contributed by atoms with Gasteiger partial charge in [-0.15, -0.1) is 0 Å². The van der Waals surface area contributed by atoms with Crippen LogP contribution in [0.3, 0.4) is 0 Å². The summed E-state index contributed by atoms with van der Waals surface area (Å²) in [4.78, 5) is 37.8. The Morgan fingerprint density at radius 1 is 0.897 bits per heavy atom. The molecule has 0 aliphatic heterocycles. The quantitative estimate of drug-likeness (QED) is 0.628. The van der Waals surface area contributed by atoms with Gasteiger partial charge in [0.2, 0.25) is 5.91 Å². The summed E-state index contributed by atoms with van der Waals surface area (Å²) in [5, 5.41) is 7.95. The molecule has 0 bridgehead atoms. The Bertz CT molecular complexity index is 895. The number of carbonyl (C=O) groups is 3. The van der Waals surface area contributed by atoms with Gasteiger partial charge in [0, 0.05) is 43.6 Å². The first-order valence-electron chi connectivity index (χ1n) is 9.60. The summed E-state index contributed by atoms with van der Waals surface area (Å²) < 4.78 is 0. The smallest absolute Gasteiger partial charge is 0.313 e. The number of aryl methyl sites for hydroxylation is 1. The lowest BCUT2D eigenvalue weighted by Crippen LogP contribution is -2.40. The Kier molecular flexibility index (Phi) is 7.77. The second-order valence-corrected chi connectivity index (χ2v) is 6.74. The number of likely N-dealkylation sites (N-methyl/N-ethyl adjacent to an activating group) is 1. The zero-order valence-electron chi connectivity index (χ0n) is 17.3. The number of carbonyl (C=O) groups excluding carboxylic acids is 3. The predicted molar refractivity (Wildman–Crippen MR) is 116 cm³/mol. The summed E-state index contributed by atoms with van der Waals surface area (Å²) in [7, 11) is 0. The van der Waals surface area contributed by atoms with Gasteiger partial charge < -0.3 is 20.9 Å². The third-order valence-corrected chi connectivity index (χ3v) is 4.60. The van der Waals surface area contributed by atoms with Crippen LogP contribution in [-0.4, -0.2) is 37.4 Å². The van der Waals surface area contributed by atoms with Gasteiger partial charge in [0.1, 0.15) is 0 Å². The number of rotatable bonds is 7. The number of hydrogen-bond donors (Lipinski definition) is 3. The summed E-state index contributed by atoms with van der Waals surface area (Å²) in [5.41, 5.74) is 4.02. The lowest BCUT2D eigenvalue weighted by molar-refractivity contribution is -0.136. The standard InChI is InChI=1S/C22H28N4O3/c1-5-26(20-12-7-6-9-15(20)2)14-13-23-21(28)22(29)25-19-11-8-10-18(16(19)3)24-17(4)27/h6-12H,5,13-14H2,1-4H3,(H,23,28)(H,24,27)(H,25,29). The van der Waals surface area contributed by atoms with Gasteiger partial charge >= 0.3 is 11.8 Å². The van der Waals surface area contributed by atoms with Crippen LogP contribution in [0.2, 0.25) is 0 Å². The molecule has 154 valence electrons. The van der Waals surface area contributed by atoms with E-state index in [4.69, 9.17) is 0 Å². The minimum atomic E-state index is -0.744. The van der Waals surface area contributed by atoms with Gasteiger partial charge in [0.05, 0.1) is 0 Å². The molecule has 0 radical (unpaired) electrons. The molecular formula is C22H28N4O3. The van der Waals surface area contributed by atoms with Crippen LogP contribution in [0.1, 0.15) is 25.0 Å². The summed E-state index contributed by atoms with van der Waals surface area (Å²) >= 11 is 0. The molecule has 2 rings (SSSR count). The Labute approximate surface area is 171 Å². The van der Waals surface area contributed by atoms with E-state index in [1.54, 1.807) is 25.1 Å². The van der Waals surface area contributed by atoms with E-state index in [1.165, 1.54) is 6.92 Å². The van der Waals surface area contributed by atoms with Crippen molar-refractivity contribution in [3.05, 3.63) is 53.6 Å². The van der Waals surface area contributed by atoms with Gasteiger partial charge in [-0.3, -0.25) is 14.4 Å². The Morgan fingerprint density at radius 3 is 2.17 bits per heavy atom. The first-order chi connectivity index (χ1) is 13.8. The number of nitrogens with one attached hydrogen (secondary N) is 3. The zero-order valence-corrected chi connectivity index (χ0v) is 17.3. The Morgan fingerprint density at radius 2 is 1.55 bits per heavy atom. The lowest BCUT2D eigenvalue weighted by atomic mass is 10.1. The number of nitrogens with zero attached hydrogens (tertiary/aromatic N) is 1. The SMILES string of the molecule is CCN(CCNC(=O)C(=O)Nc1cccc(NC(C)=O)c1C)c1ccccc1C. The molecule has 0 saturated carbocycles. The van der Waals surface area contributed by atoms with Gasteiger partial charge in [0.25, 0.3) is 0 Å². The van der Waals surface area contributed by atoms with Crippen LogP contribution in [0, 0.1) is 13.8 Å². The van der Waals surface area contributed by atoms with Crippen molar-refractivity contribution in [3.8, 4) is 0 Å². The maximum Gasteiger partial charge on any atom is 0.313 e. The fourth-order valence-electron chi connectivity index (χ4n) is 3.03. The Hall–Kier alpha value is -3.35. The molecule has 0 aliphatic carbocycles. The summed E-state index contributed by atoms with van der Waals surface area (Å²) in [6.07, 6.45) is 0. The van der Waals surface area contributed by atoms with Crippen LogP contribution in [0.5, 0.6) is 0 Å². The van der Waals surface area contributed by atoms with Crippen LogP contribution in [0.4, 0.5) is 17.1 Å². The highest BCUT2D eigenvalue weighted by Gasteiger charge is 2.16. The van der Waals surface area contributed by atoms with Crippen LogP contribution < -0.4 is 20.9 Å². The van der Waals surface area contributed by atoms with E-state index >= 15 is 0 Å². The average Bonchev–Trinajstić information content (AvgIpc) is 2.68. The van der Waals surface area contributed by atoms with E-state index < -0.39 is 11.8 Å². The third-order valence-electron chi connectivity index (χ3n) is 4.60. The predicted octanol–water partition coefficient (Wildman–Crippen LogP) is 2.84. The normalized spacial score (nSPS) is 10.2. The number of hydrogen-bond acceptors (Lipinski definition) is 4. The van der Waals surface area contributed by atoms with E-state index in [0.717, 1.165) is 17.8 Å². The van der Waals surface area contributed by atoms with Gasteiger partial charge in [-0.1, -0.05) is 24.3 Å². The van der Waals surface area contributed by atoms with Crippen molar-refractivity contribution < 1.29 is 14.4 Å². The molecule has 0 spiro atoms. The van der Waals surface area contributed by atoms with E-state index in [1.807, 2.05) is 38.1 Å². The molecule has 3 N–H and O–H groups in total. The highest BCUT2D eigenvalue weighted by molar-refractivity contribution is 6.39. The van der Waals surface area contributed by atoms with Crippen LogP contribution in [-0.2, 0) is 14.4 Å². The van der Waals surface area contributed by atoms with E-state index in [9.17, 15) is 14.4 Å². The van der Waals surface area contributed by atoms with Crippen molar-refractivity contribution in [2.24, 2.45) is 0 Å². The maximum absolute atomic E-state index is 12.2. The van der Waals surface area contributed by atoms with Crippen molar-refractivity contribution in [1.82, 2.24) is 5.32 Å². The van der Waals surface area contributed by atoms with Gasteiger partial charge in [-0.05, 0) is 50.1 Å². The second kappa shape index (κ2) is 10.3. The number of amides is 3. The molecule has 0 saturated heterocycles. The fraction of sp³-hybridized carbons (Fsp3) is 0.318. The van der Waals surface area contributed by atoms with Crippen molar-refractivity contribution in [2.75, 3.05) is 35.2 Å². The molecule has 29 heavy (non-hydrogen) atoms. The summed E-state index contributed by atoms with van der Waals surface area (Å²) in [5.74, 6) is -1.65. The van der Waals surface area contributed by atoms with Crippen molar-refractivity contribution in [1.29, 1.82) is 0 Å². The molecule has 0 unspecified atom stereocenters. The lowest BCUT2D eigenvalue weighted by Gasteiger charge is -2.25. The Balaban J connectivity index is 1.92. The van der Waals surface area contributed by atoms with E-state index in [0.29, 0.717) is 30.0 Å². The molecule has 2 aromatic rings. The van der Waals surface area contributed by atoms with Crippen LogP contribution in [0.25, 0.3) is 0 Å². The molecule has 0 heterocycles. The minimum Gasteiger partial charge on any atom is -0.370 e. The highest BCUT2D eigenvalue weighted by atomic mass is 16.2. The molecule has 0 fully saturated rings. The molecule has 2 aromatic carbocycles. The maximum atomic E-state index is 12.2. The second-order valence-electron chi connectivity index (χ2n) is 6.74. The highest BCUT2D eigenvalue weighted by Crippen LogP contribution is 2.23. The topological polar surface area (TPSA) is 90.5 Å².